The number of para-hydroxylation sites is 2. The third-order valence-corrected chi connectivity index (χ3v) is 3.74. The molecule has 0 bridgehead atoms. The molecule has 3 rings (SSSR count). The van der Waals surface area contributed by atoms with Crippen LogP contribution in [0.1, 0.15) is 16.7 Å². The molecule has 0 aromatic heterocycles. The molecule has 102 valence electrons. The molecule has 3 heteroatoms. The molecule has 1 heterocycles. The molecule has 20 heavy (non-hydrogen) atoms. The zero-order valence-electron chi connectivity index (χ0n) is 11.8. The van der Waals surface area contributed by atoms with Gasteiger partial charge in [0.05, 0.1) is 17.9 Å². The predicted octanol–water partition coefficient (Wildman–Crippen LogP) is 3.07. The highest BCUT2D eigenvalue weighted by Gasteiger charge is 2.25. The fourth-order valence-electron chi connectivity index (χ4n) is 2.80. The van der Waals surface area contributed by atoms with Crippen molar-refractivity contribution >= 4 is 17.3 Å². The first-order valence-corrected chi connectivity index (χ1v) is 6.86. The number of carbonyl (C=O) groups is 1. The summed E-state index contributed by atoms with van der Waals surface area (Å²) >= 11 is 0. The number of hydrogen-bond acceptors (Lipinski definition) is 2. The van der Waals surface area contributed by atoms with E-state index >= 15 is 0 Å². The van der Waals surface area contributed by atoms with Crippen LogP contribution >= 0.6 is 0 Å². The number of anilines is 2. The van der Waals surface area contributed by atoms with Crippen LogP contribution in [0, 0.1) is 13.8 Å². The molecule has 0 spiro atoms. The number of aryl methyl sites for hydroxylation is 2. The molecular formula is C17H18N2O. The van der Waals surface area contributed by atoms with E-state index in [0.717, 1.165) is 34.6 Å². The van der Waals surface area contributed by atoms with Gasteiger partial charge in [0, 0.05) is 6.54 Å². The van der Waals surface area contributed by atoms with Crippen LogP contribution in [0.25, 0.3) is 0 Å². The van der Waals surface area contributed by atoms with Crippen LogP contribution in [-0.4, -0.2) is 12.5 Å². The van der Waals surface area contributed by atoms with Crippen molar-refractivity contribution in [3.8, 4) is 0 Å². The molecule has 2 aromatic rings. The van der Waals surface area contributed by atoms with Gasteiger partial charge in [0.2, 0.25) is 5.91 Å². The SMILES string of the molecule is Cc1cccc(C)c1N1C(=O)CNCc2ccccc21. The Hall–Kier alpha value is -2.13. The van der Waals surface area contributed by atoms with E-state index in [9.17, 15) is 4.79 Å². The number of nitrogens with zero attached hydrogens (tertiary/aromatic N) is 1. The summed E-state index contributed by atoms with van der Waals surface area (Å²) in [5.74, 6) is 0.0901. The van der Waals surface area contributed by atoms with Crippen molar-refractivity contribution in [2.45, 2.75) is 20.4 Å². The van der Waals surface area contributed by atoms with Crippen LogP contribution in [0.3, 0.4) is 0 Å². The van der Waals surface area contributed by atoms with E-state index < -0.39 is 0 Å². The van der Waals surface area contributed by atoms with Gasteiger partial charge in [0.15, 0.2) is 0 Å². The van der Waals surface area contributed by atoms with Gasteiger partial charge < -0.3 is 5.32 Å². The summed E-state index contributed by atoms with van der Waals surface area (Å²) in [4.78, 5) is 14.4. The number of hydrogen-bond donors (Lipinski definition) is 1. The number of nitrogens with one attached hydrogen (secondary N) is 1. The number of rotatable bonds is 1. The molecule has 1 amide bonds. The lowest BCUT2D eigenvalue weighted by atomic mass is 10.1. The van der Waals surface area contributed by atoms with Crippen molar-refractivity contribution < 1.29 is 4.79 Å². The van der Waals surface area contributed by atoms with Gasteiger partial charge in [0.1, 0.15) is 0 Å². The molecule has 3 nitrogen and oxygen atoms in total. The quantitative estimate of drug-likeness (QED) is 0.860. The third kappa shape index (κ3) is 2.10. The molecule has 0 unspecified atom stereocenters. The van der Waals surface area contributed by atoms with Gasteiger partial charge in [-0.1, -0.05) is 36.4 Å². The van der Waals surface area contributed by atoms with E-state index in [1.807, 2.05) is 29.2 Å². The number of amides is 1. The minimum Gasteiger partial charge on any atom is -0.304 e. The maximum Gasteiger partial charge on any atom is 0.245 e. The summed E-state index contributed by atoms with van der Waals surface area (Å²) in [6.07, 6.45) is 0. The fourth-order valence-corrected chi connectivity index (χ4v) is 2.80. The normalized spacial score (nSPS) is 14.9. The summed E-state index contributed by atoms with van der Waals surface area (Å²) in [6.45, 7) is 5.19. The maximum absolute atomic E-state index is 12.5. The summed E-state index contributed by atoms with van der Waals surface area (Å²) < 4.78 is 0. The second kappa shape index (κ2) is 5.10. The fraction of sp³-hybridized carbons (Fsp3) is 0.235. The van der Waals surface area contributed by atoms with E-state index in [2.05, 4.69) is 37.4 Å². The first-order chi connectivity index (χ1) is 9.68. The van der Waals surface area contributed by atoms with Crippen LogP contribution in [0.15, 0.2) is 42.5 Å². The molecule has 0 radical (unpaired) electrons. The summed E-state index contributed by atoms with van der Waals surface area (Å²) in [7, 11) is 0. The summed E-state index contributed by atoms with van der Waals surface area (Å²) in [5, 5.41) is 3.20. The average molecular weight is 266 g/mol. The highest BCUT2D eigenvalue weighted by molar-refractivity contribution is 6.04. The van der Waals surface area contributed by atoms with Gasteiger partial charge in [-0.15, -0.1) is 0 Å². The molecule has 1 aliphatic heterocycles. The molecule has 2 aromatic carbocycles. The molecule has 1 N–H and O–H groups in total. The van der Waals surface area contributed by atoms with Crippen molar-refractivity contribution in [1.82, 2.24) is 5.32 Å². The number of fused-ring (bicyclic) bond motifs is 1. The van der Waals surface area contributed by atoms with Crippen LogP contribution in [0.5, 0.6) is 0 Å². The largest absolute Gasteiger partial charge is 0.304 e. The van der Waals surface area contributed by atoms with Crippen LogP contribution in [0.2, 0.25) is 0 Å². The minimum atomic E-state index is 0.0901. The van der Waals surface area contributed by atoms with E-state index in [-0.39, 0.29) is 5.91 Å². The van der Waals surface area contributed by atoms with Crippen molar-refractivity contribution in [3.63, 3.8) is 0 Å². The Labute approximate surface area is 119 Å². The van der Waals surface area contributed by atoms with Crippen LogP contribution in [-0.2, 0) is 11.3 Å². The molecule has 1 aliphatic rings. The van der Waals surface area contributed by atoms with Gasteiger partial charge in [0.25, 0.3) is 0 Å². The van der Waals surface area contributed by atoms with Crippen molar-refractivity contribution in [1.29, 1.82) is 0 Å². The second-order valence-electron chi connectivity index (χ2n) is 5.20. The summed E-state index contributed by atoms with van der Waals surface area (Å²) in [6, 6.07) is 14.2. The smallest absolute Gasteiger partial charge is 0.245 e. The lowest BCUT2D eigenvalue weighted by Crippen LogP contribution is -2.32. The Morgan fingerprint density at radius 3 is 2.40 bits per heavy atom. The van der Waals surface area contributed by atoms with E-state index in [1.54, 1.807) is 0 Å². The monoisotopic (exact) mass is 266 g/mol. The Morgan fingerprint density at radius 1 is 0.950 bits per heavy atom. The molecule has 0 saturated heterocycles. The zero-order valence-corrected chi connectivity index (χ0v) is 11.8. The zero-order chi connectivity index (χ0) is 14.1. The average Bonchev–Trinajstić information content (AvgIpc) is 2.59. The highest BCUT2D eigenvalue weighted by Crippen LogP contribution is 2.34. The van der Waals surface area contributed by atoms with Crippen molar-refractivity contribution in [2.24, 2.45) is 0 Å². The Kier molecular flexibility index (Phi) is 3.28. The predicted molar refractivity (Wildman–Crippen MR) is 81.2 cm³/mol. The lowest BCUT2D eigenvalue weighted by Gasteiger charge is -2.26. The molecule has 0 fully saturated rings. The number of carbonyl (C=O) groups excluding carboxylic acids is 1. The molecular weight excluding hydrogens is 248 g/mol. The first kappa shape index (κ1) is 12.9. The molecule has 0 aliphatic carbocycles. The van der Waals surface area contributed by atoms with Crippen molar-refractivity contribution in [2.75, 3.05) is 11.4 Å². The van der Waals surface area contributed by atoms with E-state index in [4.69, 9.17) is 0 Å². The Morgan fingerprint density at radius 2 is 1.65 bits per heavy atom. The number of benzene rings is 2. The van der Waals surface area contributed by atoms with Gasteiger partial charge >= 0.3 is 0 Å². The van der Waals surface area contributed by atoms with Crippen molar-refractivity contribution in [3.05, 3.63) is 59.2 Å². The Balaban J connectivity index is 2.23. The van der Waals surface area contributed by atoms with Crippen LogP contribution < -0.4 is 10.2 Å². The maximum atomic E-state index is 12.5. The van der Waals surface area contributed by atoms with Gasteiger partial charge in [-0.3, -0.25) is 9.69 Å². The second-order valence-corrected chi connectivity index (χ2v) is 5.20. The van der Waals surface area contributed by atoms with E-state index in [0.29, 0.717) is 6.54 Å². The van der Waals surface area contributed by atoms with Gasteiger partial charge in [-0.25, -0.2) is 0 Å². The van der Waals surface area contributed by atoms with Gasteiger partial charge in [-0.05, 0) is 36.6 Å². The standard InChI is InChI=1S/C17H18N2O/c1-12-6-5-7-13(2)17(12)19-15-9-4-3-8-14(15)10-18-11-16(19)20/h3-9,18H,10-11H2,1-2H3. The highest BCUT2D eigenvalue weighted by atomic mass is 16.2. The minimum absolute atomic E-state index is 0.0901. The first-order valence-electron chi connectivity index (χ1n) is 6.86. The summed E-state index contributed by atoms with van der Waals surface area (Å²) in [5.41, 5.74) is 5.39. The molecule has 0 atom stereocenters. The topological polar surface area (TPSA) is 32.3 Å². The lowest BCUT2D eigenvalue weighted by molar-refractivity contribution is -0.117. The van der Waals surface area contributed by atoms with Crippen LogP contribution in [0.4, 0.5) is 11.4 Å². The van der Waals surface area contributed by atoms with E-state index in [1.165, 1.54) is 0 Å². The van der Waals surface area contributed by atoms with Gasteiger partial charge in [-0.2, -0.15) is 0 Å². The Bertz CT molecular complexity index is 644. The molecule has 0 saturated carbocycles. The third-order valence-electron chi connectivity index (χ3n) is 3.74.